The molecule has 13 nitrogen and oxygen atoms in total. The number of carbonyl (C=O) groups excluding carboxylic acids is 3. The van der Waals surface area contributed by atoms with E-state index in [2.05, 4.69) is 19.8 Å². The number of anilines is 1. The third-order valence-corrected chi connectivity index (χ3v) is 7.33. The number of fused-ring (bicyclic) bond motifs is 1. The molecule has 0 bridgehead atoms. The smallest absolute Gasteiger partial charge is 0.340 e. The van der Waals surface area contributed by atoms with Crippen LogP contribution in [0.1, 0.15) is 23.2 Å². The summed E-state index contributed by atoms with van der Waals surface area (Å²) in [7, 11) is 0. The number of rotatable bonds is 9. The maximum Gasteiger partial charge on any atom is 0.340 e. The molecule has 0 saturated carbocycles. The van der Waals surface area contributed by atoms with E-state index in [1.807, 2.05) is 30.4 Å². The van der Waals surface area contributed by atoms with Crippen LogP contribution < -0.4 is 4.90 Å². The number of carbonyl (C=O) groups is 5. The summed E-state index contributed by atoms with van der Waals surface area (Å²) >= 11 is 0. The van der Waals surface area contributed by atoms with E-state index in [1.54, 1.807) is 24.5 Å². The number of ether oxygens (including phenoxy) is 1. The van der Waals surface area contributed by atoms with Gasteiger partial charge < -0.3 is 19.8 Å². The first-order valence-corrected chi connectivity index (χ1v) is 13.9. The van der Waals surface area contributed by atoms with Crippen LogP contribution in [0.2, 0.25) is 0 Å². The molecule has 0 radical (unpaired) electrons. The first-order valence-electron chi connectivity index (χ1n) is 13.9. The van der Waals surface area contributed by atoms with Crippen LogP contribution in [0.4, 0.5) is 5.82 Å². The van der Waals surface area contributed by atoms with Crippen molar-refractivity contribution in [3.63, 3.8) is 0 Å². The van der Waals surface area contributed by atoms with Gasteiger partial charge in [-0.1, -0.05) is 18.2 Å². The SMILES string of the molecule is O=C(O)/C=C\C(=O)O.O=C(OC(CN1CCN(c2ccccn2)CC1)CN1C(=O)C2CC=CCC2C1=O)c1cccnc1. The van der Waals surface area contributed by atoms with Crippen molar-refractivity contribution < 1.29 is 38.9 Å². The molecule has 0 spiro atoms. The Hall–Kier alpha value is -4.91. The second-order valence-corrected chi connectivity index (χ2v) is 10.2. The van der Waals surface area contributed by atoms with Gasteiger partial charge in [-0.25, -0.2) is 19.4 Å². The summed E-state index contributed by atoms with van der Waals surface area (Å²) in [6.45, 7) is 3.60. The summed E-state index contributed by atoms with van der Waals surface area (Å²) in [4.78, 5) is 72.2. The number of hydrogen-bond donors (Lipinski definition) is 2. The number of amides is 2. The van der Waals surface area contributed by atoms with Crippen molar-refractivity contribution in [2.75, 3.05) is 44.2 Å². The van der Waals surface area contributed by atoms with Crippen molar-refractivity contribution in [2.24, 2.45) is 11.8 Å². The largest absolute Gasteiger partial charge is 0.478 e. The quantitative estimate of drug-likeness (QED) is 0.187. The molecule has 5 rings (SSSR count). The molecule has 2 aliphatic heterocycles. The van der Waals surface area contributed by atoms with Crippen LogP contribution in [0.3, 0.4) is 0 Å². The average Bonchev–Trinajstić information content (AvgIpc) is 3.26. The Kier molecular flexibility index (Phi) is 10.7. The van der Waals surface area contributed by atoms with E-state index < -0.39 is 24.0 Å². The summed E-state index contributed by atoms with van der Waals surface area (Å²) in [5, 5.41) is 15.6. The lowest BCUT2D eigenvalue weighted by Gasteiger charge is -2.37. The van der Waals surface area contributed by atoms with Gasteiger partial charge in [-0.3, -0.25) is 24.4 Å². The van der Waals surface area contributed by atoms with Gasteiger partial charge in [-0.05, 0) is 37.1 Å². The lowest BCUT2D eigenvalue weighted by molar-refractivity contribution is -0.142. The molecular formula is C30H33N5O8. The average molecular weight is 592 g/mol. The number of carboxylic acid groups (broad SMARTS) is 2. The highest BCUT2D eigenvalue weighted by Gasteiger charge is 2.48. The number of esters is 1. The number of imide groups is 1. The van der Waals surface area contributed by atoms with Crippen molar-refractivity contribution in [1.29, 1.82) is 0 Å². The molecule has 4 heterocycles. The zero-order valence-corrected chi connectivity index (χ0v) is 23.4. The molecule has 3 unspecified atom stereocenters. The Morgan fingerprint density at radius 1 is 0.884 bits per heavy atom. The molecular weight excluding hydrogens is 558 g/mol. The first-order chi connectivity index (χ1) is 20.7. The number of aromatic nitrogens is 2. The predicted molar refractivity (Wildman–Crippen MR) is 153 cm³/mol. The Labute approximate surface area is 248 Å². The van der Waals surface area contributed by atoms with E-state index >= 15 is 0 Å². The molecule has 2 N–H and O–H groups in total. The third-order valence-electron chi connectivity index (χ3n) is 7.33. The van der Waals surface area contributed by atoms with E-state index in [-0.39, 0.29) is 30.2 Å². The molecule has 2 saturated heterocycles. The predicted octanol–water partition coefficient (Wildman–Crippen LogP) is 1.49. The van der Waals surface area contributed by atoms with E-state index in [1.165, 1.54) is 11.1 Å². The summed E-state index contributed by atoms with van der Waals surface area (Å²) in [5.41, 5.74) is 0.342. The van der Waals surface area contributed by atoms with E-state index in [9.17, 15) is 24.0 Å². The highest BCUT2D eigenvalue weighted by molar-refractivity contribution is 6.05. The number of likely N-dealkylation sites (tertiary alicyclic amines) is 1. The highest BCUT2D eigenvalue weighted by atomic mass is 16.5. The van der Waals surface area contributed by atoms with Crippen LogP contribution in [-0.4, -0.2) is 105 Å². The minimum absolute atomic E-state index is 0.0666. The molecule has 2 aromatic heterocycles. The number of allylic oxidation sites excluding steroid dienone is 2. The van der Waals surface area contributed by atoms with E-state index in [4.69, 9.17) is 14.9 Å². The number of carboxylic acids is 2. The Morgan fingerprint density at radius 2 is 1.53 bits per heavy atom. The molecule has 2 aromatic rings. The van der Waals surface area contributed by atoms with Gasteiger partial charge in [0, 0.05) is 63.5 Å². The van der Waals surface area contributed by atoms with Gasteiger partial charge in [0.05, 0.1) is 23.9 Å². The molecule has 3 atom stereocenters. The number of piperazine rings is 1. The van der Waals surface area contributed by atoms with Gasteiger partial charge >= 0.3 is 17.9 Å². The number of hydrogen-bond acceptors (Lipinski definition) is 10. The molecule has 43 heavy (non-hydrogen) atoms. The fourth-order valence-electron chi connectivity index (χ4n) is 5.22. The summed E-state index contributed by atoms with van der Waals surface area (Å²) < 4.78 is 5.85. The van der Waals surface area contributed by atoms with Crippen LogP contribution >= 0.6 is 0 Å². The van der Waals surface area contributed by atoms with Crippen molar-refractivity contribution in [3.05, 3.63) is 78.8 Å². The standard InChI is InChI=1S/C26H29N5O4.C4H4O4/c32-24-21-7-1-2-8-22(21)25(33)31(24)18-20(35-26(34)19-6-5-10-27-16-19)17-29-12-14-30(15-13-29)23-9-3-4-11-28-23;5-3(6)1-2-4(7)8/h1-6,9-11,16,20-22H,7-8,12-15,17-18H2;1-2H,(H,5,6)(H,7,8)/b;2-1-. The monoisotopic (exact) mass is 591 g/mol. The van der Waals surface area contributed by atoms with Gasteiger partial charge in [0.2, 0.25) is 11.8 Å². The maximum atomic E-state index is 13.0. The van der Waals surface area contributed by atoms with Crippen LogP contribution in [0.15, 0.2) is 73.2 Å². The van der Waals surface area contributed by atoms with Crippen LogP contribution in [-0.2, 0) is 23.9 Å². The van der Waals surface area contributed by atoms with Gasteiger partial charge in [0.1, 0.15) is 11.9 Å². The summed E-state index contributed by atoms with van der Waals surface area (Å²) in [5.74, 6) is -3.00. The van der Waals surface area contributed by atoms with Gasteiger partial charge in [0.25, 0.3) is 0 Å². The topological polar surface area (TPSA) is 171 Å². The summed E-state index contributed by atoms with van der Waals surface area (Å²) in [6, 6.07) is 9.18. The van der Waals surface area contributed by atoms with Crippen molar-refractivity contribution in [3.8, 4) is 0 Å². The minimum Gasteiger partial charge on any atom is -0.478 e. The third kappa shape index (κ3) is 8.55. The molecule has 13 heteroatoms. The van der Waals surface area contributed by atoms with Gasteiger partial charge in [-0.15, -0.1) is 0 Å². The molecule has 2 fully saturated rings. The second kappa shape index (κ2) is 14.8. The zero-order chi connectivity index (χ0) is 30.8. The first kappa shape index (κ1) is 31.0. The van der Waals surface area contributed by atoms with E-state index in [0.717, 1.165) is 32.0 Å². The van der Waals surface area contributed by atoms with Gasteiger partial charge in [-0.2, -0.15) is 0 Å². The lowest BCUT2D eigenvalue weighted by Crippen LogP contribution is -2.51. The van der Waals surface area contributed by atoms with Crippen molar-refractivity contribution in [2.45, 2.75) is 18.9 Å². The Bertz CT molecular complexity index is 1320. The fourth-order valence-corrected chi connectivity index (χ4v) is 5.22. The van der Waals surface area contributed by atoms with Crippen LogP contribution in [0, 0.1) is 11.8 Å². The van der Waals surface area contributed by atoms with Crippen molar-refractivity contribution >= 4 is 35.5 Å². The second-order valence-electron chi connectivity index (χ2n) is 10.2. The molecule has 1 aliphatic carbocycles. The van der Waals surface area contributed by atoms with Crippen LogP contribution in [0.25, 0.3) is 0 Å². The molecule has 226 valence electrons. The minimum atomic E-state index is -1.26. The molecule has 0 aromatic carbocycles. The van der Waals surface area contributed by atoms with E-state index in [0.29, 0.717) is 37.1 Å². The Balaban J connectivity index is 0.000000467. The number of nitrogens with zero attached hydrogens (tertiary/aromatic N) is 5. The zero-order valence-electron chi connectivity index (χ0n) is 23.4. The lowest BCUT2D eigenvalue weighted by atomic mass is 9.85. The highest BCUT2D eigenvalue weighted by Crippen LogP contribution is 2.35. The Morgan fingerprint density at radius 3 is 2.07 bits per heavy atom. The fraction of sp³-hybridized carbons (Fsp3) is 0.367. The normalized spacial score (nSPS) is 20.7. The number of pyridine rings is 2. The van der Waals surface area contributed by atoms with Crippen LogP contribution in [0.5, 0.6) is 0 Å². The van der Waals surface area contributed by atoms with Crippen molar-refractivity contribution in [1.82, 2.24) is 19.8 Å². The summed E-state index contributed by atoms with van der Waals surface area (Å²) in [6.07, 6.45) is 10.4. The molecule has 3 aliphatic rings. The van der Waals surface area contributed by atoms with Gasteiger partial charge in [0.15, 0.2) is 0 Å². The molecule has 2 amide bonds. The number of aliphatic carboxylic acids is 2. The maximum absolute atomic E-state index is 13.0.